The van der Waals surface area contributed by atoms with Crippen molar-refractivity contribution in [1.82, 2.24) is 15.0 Å². The average Bonchev–Trinajstić information content (AvgIpc) is 2.64. The van der Waals surface area contributed by atoms with E-state index in [-0.39, 0.29) is 9.63 Å². The Morgan fingerprint density at radius 3 is 2.63 bits per heavy atom. The first-order valence-electron chi connectivity index (χ1n) is 5.25. The summed E-state index contributed by atoms with van der Waals surface area (Å²) in [6, 6.07) is 4.94. The van der Waals surface area contributed by atoms with E-state index in [1.807, 2.05) is 6.92 Å². The number of aryl methyl sites for hydroxylation is 2. The summed E-state index contributed by atoms with van der Waals surface area (Å²) < 4.78 is 28.2. The van der Waals surface area contributed by atoms with Crippen LogP contribution in [0.2, 0.25) is 0 Å². The van der Waals surface area contributed by atoms with E-state index in [1.54, 1.807) is 18.2 Å². The summed E-state index contributed by atoms with van der Waals surface area (Å²) in [6.45, 7) is 1.84. The molecule has 0 saturated heterocycles. The van der Waals surface area contributed by atoms with Crippen molar-refractivity contribution in [3.63, 3.8) is 0 Å². The van der Waals surface area contributed by atoms with E-state index in [0.717, 1.165) is 5.56 Å². The topological polar surface area (TPSA) is 103 Å². The molecule has 102 valence electrons. The zero-order valence-corrected chi connectivity index (χ0v) is 12.7. The number of benzene rings is 1. The van der Waals surface area contributed by atoms with Crippen LogP contribution >= 0.6 is 15.9 Å². The first-order valence-corrected chi connectivity index (χ1v) is 7.53. The Bertz CT molecular complexity index is 706. The summed E-state index contributed by atoms with van der Waals surface area (Å²) in [7, 11) is -2.28. The van der Waals surface area contributed by atoms with Gasteiger partial charge in [-0.05, 0) is 40.5 Å². The highest BCUT2D eigenvalue weighted by atomic mass is 79.9. The van der Waals surface area contributed by atoms with Gasteiger partial charge < -0.3 is 5.73 Å². The lowest BCUT2D eigenvalue weighted by molar-refractivity contribution is 0.578. The molecular formula is C10H12BrN5O2S. The van der Waals surface area contributed by atoms with E-state index in [0.29, 0.717) is 11.4 Å². The average molecular weight is 346 g/mol. The van der Waals surface area contributed by atoms with Crippen molar-refractivity contribution < 1.29 is 8.42 Å². The number of rotatable bonds is 3. The first-order chi connectivity index (χ1) is 8.81. The number of nitrogens with one attached hydrogen (secondary N) is 1. The van der Waals surface area contributed by atoms with E-state index in [2.05, 4.69) is 31.0 Å². The van der Waals surface area contributed by atoms with Gasteiger partial charge in [-0.2, -0.15) is 8.42 Å². The van der Waals surface area contributed by atoms with Crippen LogP contribution in [0.5, 0.6) is 0 Å². The highest BCUT2D eigenvalue weighted by molar-refractivity contribution is 9.10. The Balaban J connectivity index is 2.39. The molecule has 0 aliphatic carbocycles. The highest BCUT2D eigenvalue weighted by Gasteiger charge is 2.24. The molecule has 7 nitrogen and oxygen atoms in total. The molecule has 1 aromatic carbocycles. The fourth-order valence-corrected chi connectivity index (χ4v) is 3.66. The number of aromatic nitrogens is 3. The summed E-state index contributed by atoms with van der Waals surface area (Å²) in [5.74, 6) is 0. The van der Waals surface area contributed by atoms with Crippen LogP contribution in [0.25, 0.3) is 0 Å². The smallest absolute Gasteiger partial charge is 0.281 e. The second-order valence-corrected chi connectivity index (χ2v) is 6.33. The second kappa shape index (κ2) is 4.82. The van der Waals surface area contributed by atoms with E-state index in [9.17, 15) is 8.42 Å². The molecule has 19 heavy (non-hydrogen) atoms. The standard InChI is InChI=1S/C10H12BrN5O2S/c1-6-3-4-7(5-8(6)12)14-19(17,18)10-9(11)13-15-16(10)2/h3-5,14H,12H2,1-2H3. The van der Waals surface area contributed by atoms with Gasteiger partial charge in [0.2, 0.25) is 5.03 Å². The summed E-state index contributed by atoms with van der Waals surface area (Å²) in [5.41, 5.74) is 7.53. The van der Waals surface area contributed by atoms with Crippen LogP contribution in [0.1, 0.15) is 5.56 Å². The molecule has 0 spiro atoms. The zero-order chi connectivity index (χ0) is 14.2. The number of nitrogen functional groups attached to an aromatic ring is 1. The SMILES string of the molecule is Cc1ccc(NS(=O)(=O)c2c(Br)nnn2C)cc1N. The molecule has 0 amide bonds. The van der Waals surface area contributed by atoms with Crippen LogP contribution in [-0.4, -0.2) is 23.4 Å². The first kappa shape index (κ1) is 13.8. The Kier molecular flexibility index (Phi) is 3.50. The molecule has 1 aromatic heterocycles. The molecule has 1 heterocycles. The predicted octanol–water partition coefficient (Wildman–Crippen LogP) is 1.27. The van der Waals surface area contributed by atoms with Gasteiger partial charge in [0.25, 0.3) is 10.0 Å². The maximum absolute atomic E-state index is 12.2. The number of halogens is 1. The van der Waals surface area contributed by atoms with Gasteiger partial charge in [-0.25, -0.2) is 4.68 Å². The molecule has 0 aliphatic rings. The summed E-state index contributed by atoms with van der Waals surface area (Å²) in [5, 5.41) is 7.22. The summed E-state index contributed by atoms with van der Waals surface area (Å²) in [4.78, 5) is 0. The number of nitrogens with two attached hydrogens (primary N) is 1. The molecular weight excluding hydrogens is 334 g/mol. The van der Waals surface area contributed by atoms with Gasteiger partial charge in [-0.3, -0.25) is 4.72 Å². The number of anilines is 2. The van der Waals surface area contributed by atoms with Gasteiger partial charge in [0.1, 0.15) is 0 Å². The minimum absolute atomic E-state index is 0.0494. The fraction of sp³-hybridized carbons (Fsp3) is 0.200. The predicted molar refractivity (Wildman–Crippen MR) is 75.1 cm³/mol. The molecule has 0 saturated carbocycles. The van der Waals surface area contributed by atoms with Crippen molar-refractivity contribution in [3.8, 4) is 0 Å². The summed E-state index contributed by atoms with van der Waals surface area (Å²) in [6.07, 6.45) is 0. The van der Waals surface area contributed by atoms with Gasteiger partial charge in [0.05, 0.1) is 5.69 Å². The number of sulfonamides is 1. The lowest BCUT2D eigenvalue weighted by Gasteiger charge is -2.09. The van der Waals surface area contributed by atoms with Crippen molar-refractivity contribution in [3.05, 3.63) is 28.4 Å². The second-order valence-electron chi connectivity index (χ2n) is 3.99. The lowest BCUT2D eigenvalue weighted by Crippen LogP contribution is -2.17. The van der Waals surface area contributed by atoms with Gasteiger partial charge in [0.15, 0.2) is 4.60 Å². The Hall–Kier alpha value is -1.61. The molecule has 0 aliphatic heterocycles. The monoisotopic (exact) mass is 345 g/mol. The molecule has 2 rings (SSSR count). The quantitative estimate of drug-likeness (QED) is 0.815. The third-order valence-corrected chi connectivity index (χ3v) is 4.79. The van der Waals surface area contributed by atoms with Crippen LogP contribution in [0.15, 0.2) is 27.8 Å². The van der Waals surface area contributed by atoms with E-state index in [4.69, 9.17) is 5.73 Å². The normalized spacial score (nSPS) is 11.5. The number of hydrogen-bond acceptors (Lipinski definition) is 5. The molecule has 0 atom stereocenters. The molecule has 0 unspecified atom stereocenters. The van der Waals surface area contributed by atoms with Crippen LogP contribution in [-0.2, 0) is 17.1 Å². The Labute approximate surface area is 119 Å². The molecule has 9 heteroatoms. The zero-order valence-electron chi connectivity index (χ0n) is 10.3. The molecule has 3 N–H and O–H groups in total. The maximum atomic E-state index is 12.2. The fourth-order valence-electron chi connectivity index (χ4n) is 1.52. The van der Waals surface area contributed by atoms with Crippen LogP contribution in [0, 0.1) is 6.92 Å². The molecule has 0 bridgehead atoms. The minimum Gasteiger partial charge on any atom is -0.398 e. The molecule has 0 radical (unpaired) electrons. The van der Waals surface area contributed by atoms with Crippen molar-refractivity contribution in [2.24, 2.45) is 7.05 Å². The van der Waals surface area contributed by atoms with Crippen LogP contribution < -0.4 is 10.5 Å². The summed E-state index contributed by atoms with van der Waals surface area (Å²) >= 11 is 3.05. The van der Waals surface area contributed by atoms with Gasteiger partial charge in [-0.1, -0.05) is 11.3 Å². The Morgan fingerprint density at radius 2 is 2.11 bits per heavy atom. The van der Waals surface area contributed by atoms with Crippen LogP contribution in [0.4, 0.5) is 11.4 Å². The lowest BCUT2D eigenvalue weighted by atomic mass is 10.2. The van der Waals surface area contributed by atoms with Gasteiger partial charge in [0, 0.05) is 12.7 Å². The van der Waals surface area contributed by atoms with Crippen LogP contribution in [0.3, 0.4) is 0 Å². The number of hydrogen-bond donors (Lipinski definition) is 2. The van der Waals surface area contributed by atoms with Crippen molar-refractivity contribution in [2.75, 3.05) is 10.5 Å². The highest BCUT2D eigenvalue weighted by Crippen LogP contribution is 2.23. The van der Waals surface area contributed by atoms with E-state index in [1.165, 1.54) is 11.7 Å². The molecule has 2 aromatic rings. The van der Waals surface area contributed by atoms with Gasteiger partial charge >= 0.3 is 0 Å². The van der Waals surface area contributed by atoms with E-state index >= 15 is 0 Å². The van der Waals surface area contributed by atoms with E-state index < -0.39 is 10.0 Å². The third-order valence-electron chi connectivity index (χ3n) is 2.52. The van der Waals surface area contributed by atoms with Crippen molar-refractivity contribution >= 4 is 37.3 Å². The maximum Gasteiger partial charge on any atom is 0.281 e. The molecule has 0 fully saturated rings. The number of nitrogens with zero attached hydrogens (tertiary/aromatic N) is 3. The largest absolute Gasteiger partial charge is 0.398 e. The minimum atomic E-state index is -3.78. The van der Waals surface area contributed by atoms with Crippen molar-refractivity contribution in [1.29, 1.82) is 0 Å². The van der Waals surface area contributed by atoms with Crippen molar-refractivity contribution in [2.45, 2.75) is 11.9 Å². The van der Waals surface area contributed by atoms with Gasteiger partial charge in [-0.15, -0.1) is 5.10 Å². The third kappa shape index (κ3) is 2.71. The Morgan fingerprint density at radius 1 is 1.42 bits per heavy atom.